The van der Waals surface area contributed by atoms with E-state index in [4.69, 9.17) is 4.74 Å². The number of nitrogens with one attached hydrogen (secondary N) is 1. The normalized spacial score (nSPS) is 18.5. The molecule has 1 unspecified atom stereocenters. The van der Waals surface area contributed by atoms with E-state index < -0.39 is 6.04 Å². The molecule has 0 radical (unpaired) electrons. The lowest BCUT2D eigenvalue weighted by molar-refractivity contribution is -0.131. The van der Waals surface area contributed by atoms with Gasteiger partial charge in [0.2, 0.25) is 11.8 Å². The molecule has 0 spiro atoms. The molecule has 0 saturated carbocycles. The van der Waals surface area contributed by atoms with E-state index in [1.807, 2.05) is 32.0 Å². The average Bonchev–Trinajstić information content (AvgIpc) is 2.72. The predicted octanol–water partition coefficient (Wildman–Crippen LogP) is 2.03. The van der Waals surface area contributed by atoms with Crippen LogP contribution < -0.4 is 10.1 Å². The summed E-state index contributed by atoms with van der Waals surface area (Å²) in [5.74, 6) is 0.484. The fourth-order valence-corrected chi connectivity index (χ4v) is 2.25. The first-order valence-corrected chi connectivity index (χ1v) is 6.81. The number of hydrogen-bond donors (Lipinski definition) is 1. The molecule has 0 bridgehead atoms. The van der Waals surface area contributed by atoms with Crippen LogP contribution in [0.1, 0.15) is 26.7 Å². The molecule has 1 aromatic rings. The second kappa shape index (κ2) is 5.94. The summed E-state index contributed by atoms with van der Waals surface area (Å²) in [5.41, 5.74) is 0.638. The Morgan fingerprint density at radius 2 is 2.10 bits per heavy atom. The maximum absolute atomic E-state index is 12.2. The molecule has 108 valence electrons. The molecule has 2 amide bonds. The quantitative estimate of drug-likeness (QED) is 0.915. The van der Waals surface area contributed by atoms with Gasteiger partial charge >= 0.3 is 0 Å². The lowest BCUT2D eigenvalue weighted by Gasteiger charge is -2.20. The largest absolute Gasteiger partial charge is 0.489 e. The lowest BCUT2D eigenvalue weighted by Crippen LogP contribution is -2.39. The van der Waals surface area contributed by atoms with Gasteiger partial charge in [-0.2, -0.15) is 0 Å². The number of likely N-dealkylation sites (tertiary alicyclic amines) is 1. The van der Waals surface area contributed by atoms with Crippen molar-refractivity contribution in [1.82, 2.24) is 4.90 Å². The van der Waals surface area contributed by atoms with Crippen LogP contribution in [0, 0.1) is 0 Å². The number of carbonyl (C=O) groups excluding carboxylic acids is 2. The Balaban J connectivity index is 2.10. The third-order valence-corrected chi connectivity index (χ3v) is 3.30. The van der Waals surface area contributed by atoms with E-state index >= 15 is 0 Å². The first-order chi connectivity index (χ1) is 9.49. The average molecular weight is 276 g/mol. The number of anilines is 1. The van der Waals surface area contributed by atoms with Gasteiger partial charge in [-0.05, 0) is 32.4 Å². The SMILES string of the molecule is CC(C)Oc1ccccc1NC(=O)C1CCC(=O)N1C. The van der Waals surface area contributed by atoms with Crippen molar-refractivity contribution in [3.63, 3.8) is 0 Å². The van der Waals surface area contributed by atoms with Crippen molar-refractivity contribution in [3.8, 4) is 5.75 Å². The Hall–Kier alpha value is -2.04. The Bertz CT molecular complexity index is 514. The van der Waals surface area contributed by atoms with Crippen molar-refractivity contribution in [3.05, 3.63) is 24.3 Å². The van der Waals surface area contributed by atoms with Crippen LogP contribution >= 0.6 is 0 Å². The fraction of sp³-hybridized carbons (Fsp3) is 0.467. The molecule has 2 rings (SSSR count). The monoisotopic (exact) mass is 276 g/mol. The highest BCUT2D eigenvalue weighted by Crippen LogP contribution is 2.26. The van der Waals surface area contributed by atoms with Crippen LogP contribution in [0.25, 0.3) is 0 Å². The summed E-state index contributed by atoms with van der Waals surface area (Å²) in [7, 11) is 1.66. The minimum atomic E-state index is -0.394. The summed E-state index contributed by atoms with van der Waals surface area (Å²) in [6.07, 6.45) is 1.02. The van der Waals surface area contributed by atoms with Crippen LogP contribution in [0.2, 0.25) is 0 Å². The molecule has 1 N–H and O–H groups in total. The van der Waals surface area contributed by atoms with Crippen molar-refractivity contribution < 1.29 is 14.3 Å². The number of nitrogens with zero attached hydrogens (tertiary/aromatic N) is 1. The van der Waals surface area contributed by atoms with Crippen molar-refractivity contribution in [2.75, 3.05) is 12.4 Å². The fourth-order valence-electron chi connectivity index (χ4n) is 2.25. The number of amides is 2. The molecule has 1 fully saturated rings. The standard InChI is InChI=1S/C15H20N2O3/c1-10(2)20-13-7-5-4-6-11(13)16-15(19)12-8-9-14(18)17(12)3/h4-7,10,12H,8-9H2,1-3H3,(H,16,19). The van der Waals surface area contributed by atoms with Crippen LogP contribution in [-0.2, 0) is 9.59 Å². The van der Waals surface area contributed by atoms with E-state index in [0.29, 0.717) is 24.3 Å². The van der Waals surface area contributed by atoms with Crippen molar-refractivity contribution >= 4 is 17.5 Å². The maximum atomic E-state index is 12.2. The van der Waals surface area contributed by atoms with E-state index in [9.17, 15) is 9.59 Å². The van der Waals surface area contributed by atoms with Gasteiger partial charge in [-0.1, -0.05) is 12.1 Å². The summed E-state index contributed by atoms with van der Waals surface area (Å²) in [5, 5.41) is 2.85. The second-order valence-corrected chi connectivity index (χ2v) is 5.21. The molecule has 1 heterocycles. The topological polar surface area (TPSA) is 58.6 Å². The van der Waals surface area contributed by atoms with Crippen molar-refractivity contribution in [1.29, 1.82) is 0 Å². The van der Waals surface area contributed by atoms with E-state index in [0.717, 1.165) is 0 Å². The van der Waals surface area contributed by atoms with Crippen LogP contribution in [0.5, 0.6) is 5.75 Å². The lowest BCUT2D eigenvalue weighted by atomic mass is 10.2. The smallest absolute Gasteiger partial charge is 0.247 e. The molecule has 0 aliphatic carbocycles. The number of rotatable bonds is 4. The van der Waals surface area contributed by atoms with E-state index in [2.05, 4.69) is 5.32 Å². The minimum absolute atomic E-state index is 0.0110. The van der Waals surface area contributed by atoms with Crippen molar-refractivity contribution in [2.24, 2.45) is 0 Å². The zero-order valence-corrected chi connectivity index (χ0v) is 12.1. The molecule has 20 heavy (non-hydrogen) atoms. The summed E-state index contributed by atoms with van der Waals surface area (Å²) < 4.78 is 5.66. The Morgan fingerprint density at radius 3 is 2.70 bits per heavy atom. The van der Waals surface area contributed by atoms with Crippen molar-refractivity contribution in [2.45, 2.75) is 38.8 Å². The Kier molecular flexibility index (Phi) is 4.27. The van der Waals surface area contributed by atoms with Crippen LogP contribution in [0.4, 0.5) is 5.69 Å². The molecular formula is C15H20N2O3. The highest BCUT2D eigenvalue weighted by Gasteiger charge is 2.33. The number of ether oxygens (including phenoxy) is 1. The third-order valence-electron chi connectivity index (χ3n) is 3.30. The van der Waals surface area contributed by atoms with Gasteiger partial charge in [-0.3, -0.25) is 9.59 Å². The number of likely N-dealkylation sites (N-methyl/N-ethyl adjacent to an activating group) is 1. The van der Waals surface area contributed by atoms with Gasteiger partial charge in [0.15, 0.2) is 0 Å². The predicted molar refractivity (Wildman–Crippen MR) is 76.6 cm³/mol. The van der Waals surface area contributed by atoms with Gasteiger partial charge in [0.05, 0.1) is 11.8 Å². The maximum Gasteiger partial charge on any atom is 0.247 e. The van der Waals surface area contributed by atoms with Crippen LogP contribution in [0.15, 0.2) is 24.3 Å². The highest BCUT2D eigenvalue weighted by molar-refractivity contribution is 5.99. The van der Waals surface area contributed by atoms with E-state index in [-0.39, 0.29) is 17.9 Å². The number of para-hydroxylation sites is 2. The summed E-state index contributed by atoms with van der Waals surface area (Å²) in [6, 6.07) is 6.92. The van der Waals surface area contributed by atoms with Gasteiger partial charge in [0.25, 0.3) is 0 Å². The Morgan fingerprint density at radius 1 is 1.40 bits per heavy atom. The van der Waals surface area contributed by atoms with Gasteiger partial charge in [-0.25, -0.2) is 0 Å². The minimum Gasteiger partial charge on any atom is -0.489 e. The van der Waals surface area contributed by atoms with E-state index in [1.54, 1.807) is 13.1 Å². The Labute approximate surface area is 118 Å². The van der Waals surface area contributed by atoms with Crippen LogP contribution in [-0.4, -0.2) is 35.9 Å². The zero-order chi connectivity index (χ0) is 14.7. The molecule has 5 nitrogen and oxygen atoms in total. The van der Waals surface area contributed by atoms with Gasteiger partial charge in [0, 0.05) is 13.5 Å². The molecule has 1 aliphatic rings. The molecular weight excluding hydrogens is 256 g/mol. The molecule has 1 saturated heterocycles. The number of benzene rings is 1. The first kappa shape index (κ1) is 14.4. The molecule has 1 atom stereocenters. The molecule has 1 aliphatic heterocycles. The number of hydrogen-bond acceptors (Lipinski definition) is 3. The molecule has 1 aromatic carbocycles. The number of carbonyl (C=O) groups is 2. The van der Waals surface area contributed by atoms with E-state index in [1.165, 1.54) is 4.90 Å². The second-order valence-electron chi connectivity index (χ2n) is 5.21. The summed E-state index contributed by atoms with van der Waals surface area (Å²) in [4.78, 5) is 25.2. The van der Waals surface area contributed by atoms with Crippen LogP contribution in [0.3, 0.4) is 0 Å². The van der Waals surface area contributed by atoms with Gasteiger partial charge in [0.1, 0.15) is 11.8 Å². The summed E-state index contributed by atoms with van der Waals surface area (Å²) >= 11 is 0. The highest BCUT2D eigenvalue weighted by atomic mass is 16.5. The first-order valence-electron chi connectivity index (χ1n) is 6.81. The van der Waals surface area contributed by atoms with Gasteiger partial charge in [-0.15, -0.1) is 0 Å². The summed E-state index contributed by atoms with van der Waals surface area (Å²) in [6.45, 7) is 3.87. The third kappa shape index (κ3) is 3.10. The molecule has 5 heteroatoms. The van der Waals surface area contributed by atoms with Gasteiger partial charge < -0.3 is 15.0 Å². The zero-order valence-electron chi connectivity index (χ0n) is 12.1. The molecule has 0 aromatic heterocycles.